The molecule has 0 aliphatic carbocycles. The van der Waals surface area contributed by atoms with Gasteiger partial charge in [0.05, 0.1) is 11.2 Å². The fourth-order valence-corrected chi connectivity index (χ4v) is 2.71. The van der Waals surface area contributed by atoms with Crippen LogP contribution in [0.3, 0.4) is 0 Å². The Kier molecular flexibility index (Phi) is 4.60. The van der Waals surface area contributed by atoms with Gasteiger partial charge < -0.3 is 15.2 Å². The van der Waals surface area contributed by atoms with Crippen LogP contribution in [-0.2, 0) is 4.74 Å². The Morgan fingerprint density at radius 3 is 2.80 bits per heavy atom. The van der Waals surface area contributed by atoms with E-state index in [4.69, 9.17) is 9.84 Å². The van der Waals surface area contributed by atoms with E-state index in [9.17, 15) is 4.79 Å². The zero-order valence-electron chi connectivity index (χ0n) is 12.1. The normalized spacial score (nSPS) is 21.4. The minimum absolute atomic E-state index is 0.0308. The summed E-state index contributed by atoms with van der Waals surface area (Å²) in [6.07, 6.45) is 5.31. The van der Waals surface area contributed by atoms with Crippen molar-refractivity contribution in [3.63, 3.8) is 0 Å². The second-order valence-electron chi connectivity index (χ2n) is 5.31. The van der Waals surface area contributed by atoms with E-state index in [0.717, 1.165) is 38.1 Å². The third-order valence-corrected chi connectivity index (χ3v) is 4.14. The quantitative estimate of drug-likeness (QED) is 0.866. The first-order valence-corrected chi connectivity index (χ1v) is 7.18. The Balaban J connectivity index is 2.00. The van der Waals surface area contributed by atoms with Crippen molar-refractivity contribution in [1.29, 1.82) is 0 Å². The summed E-state index contributed by atoms with van der Waals surface area (Å²) in [7, 11) is 0. The molecule has 0 radical (unpaired) electrons. The predicted octanol–water partition coefficient (Wildman–Crippen LogP) is 2.93. The molecule has 1 fully saturated rings. The summed E-state index contributed by atoms with van der Waals surface area (Å²) in [5, 5.41) is 12.2. The number of carbonyl (C=O) groups is 1. The summed E-state index contributed by atoms with van der Waals surface area (Å²) in [5.74, 6) is -0.228. The number of nitrogens with one attached hydrogen (secondary N) is 1. The summed E-state index contributed by atoms with van der Waals surface area (Å²) in [6, 6.07) is 3.62. The van der Waals surface area contributed by atoms with Gasteiger partial charge in [-0.15, -0.1) is 0 Å². The van der Waals surface area contributed by atoms with Crippen molar-refractivity contribution >= 4 is 11.8 Å². The molecule has 2 heterocycles. The summed E-state index contributed by atoms with van der Waals surface area (Å²) in [4.78, 5) is 14.9. The van der Waals surface area contributed by atoms with E-state index >= 15 is 0 Å². The van der Waals surface area contributed by atoms with E-state index in [-0.39, 0.29) is 11.2 Å². The minimum atomic E-state index is -0.953. The monoisotopic (exact) mass is 278 g/mol. The molecule has 1 aliphatic heterocycles. The lowest BCUT2D eigenvalue weighted by molar-refractivity contribution is -0.0864. The number of rotatable bonds is 5. The van der Waals surface area contributed by atoms with E-state index in [2.05, 4.69) is 24.1 Å². The third-order valence-electron chi connectivity index (χ3n) is 4.14. The SMILES string of the molecule is CCC1(CC)CC(Nc2ccc(C(=O)O)cn2)CCO1. The van der Waals surface area contributed by atoms with Gasteiger partial charge in [0.25, 0.3) is 0 Å². The molecule has 0 bridgehead atoms. The van der Waals surface area contributed by atoms with Crippen LogP contribution in [0.5, 0.6) is 0 Å². The third kappa shape index (κ3) is 3.28. The zero-order chi connectivity index (χ0) is 14.6. The number of carboxylic acid groups (broad SMARTS) is 1. The van der Waals surface area contributed by atoms with Crippen LogP contribution in [0.4, 0.5) is 5.82 Å². The maximum atomic E-state index is 10.8. The van der Waals surface area contributed by atoms with E-state index < -0.39 is 5.97 Å². The molecule has 1 aromatic heterocycles. The van der Waals surface area contributed by atoms with Gasteiger partial charge in [0.15, 0.2) is 0 Å². The van der Waals surface area contributed by atoms with Crippen LogP contribution in [0.1, 0.15) is 49.9 Å². The second-order valence-corrected chi connectivity index (χ2v) is 5.31. The van der Waals surface area contributed by atoms with Gasteiger partial charge in [0.1, 0.15) is 5.82 Å². The van der Waals surface area contributed by atoms with Gasteiger partial charge in [0, 0.05) is 18.8 Å². The maximum Gasteiger partial charge on any atom is 0.337 e. The summed E-state index contributed by atoms with van der Waals surface area (Å²) < 4.78 is 5.94. The molecular weight excluding hydrogens is 256 g/mol. The molecule has 0 aromatic carbocycles. The van der Waals surface area contributed by atoms with Crippen molar-refractivity contribution in [2.24, 2.45) is 0 Å². The summed E-state index contributed by atoms with van der Waals surface area (Å²) in [6.45, 7) is 5.07. The highest BCUT2D eigenvalue weighted by molar-refractivity contribution is 5.87. The number of pyridine rings is 1. The number of aromatic carboxylic acids is 1. The summed E-state index contributed by atoms with van der Waals surface area (Å²) >= 11 is 0. The van der Waals surface area contributed by atoms with Crippen molar-refractivity contribution in [3.8, 4) is 0 Å². The van der Waals surface area contributed by atoms with Crippen molar-refractivity contribution in [2.75, 3.05) is 11.9 Å². The number of ether oxygens (including phenoxy) is 1. The van der Waals surface area contributed by atoms with E-state index in [1.807, 2.05) is 0 Å². The van der Waals surface area contributed by atoms with Gasteiger partial charge in [-0.3, -0.25) is 0 Å². The predicted molar refractivity (Wildman–Crippen MR) is 77.1 cm³/mol. The highest BCUT2D eigenvalue weighted by Crippen LogP contribution is 2.32. The second kappa shape index (κ2) is 6.22. The molecule has 2 N–H and O–H groups in total. The van der Waals surface area contributed by atoms with Crippen LogP contribution in [0.2, 0.25) is 0 Å². The van der Waals surface area contributed by atoms with Crippen LogP contribution < -0.4 is 5.32 Å². The average Bonchev–Trinajstić information content (AvgIpc) is 2.48. The molecule has 1 aliphatic rings. The van der Waals surface area contributed by atoms with Gasteiger partial charge in [0.2, 0.25) is 0 Å². The average molecular weight is 278 g/mol. The smallest absolute Gasteiger partial charge is 0.337 e. The maximum absolute atomic E-state index is 10.8. The molecule has 5 nitrogen and oxygen atoms in total. The van der Waals surface area contributed by atoms with Crippen LogP contribution in [0, 0.1) is 0 Å². The Labute approximate surface area is 119 Å². The number of hydrogen-bond donors (Lipinski definition) is 2. The molecule has 1 aromatic rings. The molecule has 110 valence electrons. The van der Waals surface area contributed by atoms with Crippen LogP contribution >= 0.6 is 0 Å². The van der Waals surface area contributed by atoms with Gasteiger partial charge in [-0.25, -0.2) is 9.78 Å². The number of hydrogen-bond acceptors (Lipinski definition) is 4. The van der Waals surface area contributed by atoms with E-state index in [0.29, 0.717) is 6.04 Å². The lowest BCUT2D eigenvalue weighted by Crippen LogP contribution is -2.43. The number of carboxylic acids is 1. The Morgan fingerprint density at radius 1 is 1.50 bits per heavy atom. The first-order chi connectivity index (χ1) is 9.58. The first kappa shape index (κ1) is 14.8. The van der Waals surface area contributed by atoms with E-state index in [1.54, 1.807) is 12.1 Å². The standard InChI is InChI=1S/C15H22N2O3/c1-3-15(4-2)9-12(7-8-20-15)17-13-6-5-11(10-16-13)14(18)19/h5-6,10,12H,3-4,7-9H2,1-2H3,(H,16,17)(H,18,19). The molecule has 5 heteroatoms. The molecule has 1 saturated heterocycles. The molecule has 1 atom stereocenters. The van der Waals surface area contributed by atoms with Crippen molar-refractivity contribution in [2.45, 2.75) is 51.2 Å². The van der Waals surface area contributed by atoms with Crippen molar-refractivity contribution in [1.82, 2.24) is 4.98 Å². The highest BCUT2D eigenvalue weighted by atomic mass is 16.5. The topological polar surface area (TPSA) is 71.5 Å². The molecule has 1 unspecified atom stereocenters. The Hall–Kier alpha value is -1.62. The van der Waals surface area contributed by atoms with Crippen LogP contribution in [0.25, 0.3) is 0 Å². The largest absolute Gasteiger partial charge is 0.478 e. The molecule has 20 heavy (non-hydrogen) atoms. The Morgan fingerprint density at radius 2 is 2.25 bits per heavy atom. The lowest BCUT2D eigenvalue weighted by Gasteiger charge is -2.40. The summed E-state index contributed by atoms with van der Waals surface area (Å²) in [5.41, 5.74) is 0.177. The van der Waals surface area contributed by atoms with Gasteiger partial charge in [-0.05, 0) is 37.8 Å². The van der Waals surface area contributed by atoms with Crippen molar-refractivity contribution < 1.29 is 14.6 Å². The van der Waals surface area contributed by atoms with Crippen LogP contribution in [0.15, 0.2) is 18.3 Å². The fraction of sp³-hybridized carbons (Fsp3) is 0.600. The molecule has 0 saturated carbocycles. The van der Waals surface area contributed by atoms with Gasteiger partial charge in [-0.2, -0.15) is 0 Å². The zero-order valence-corrected chi connectivity index (χ0v) is 12.1. The fourth-order valence-electron chi connectivity index (χ4n) is 2.71. The van der Waals surface area contributed by atoms with Crippen LogP contribution in [-0.4, -0.2) is 34.3 Å². The lowest BCUT2D eigenvalue weighted by atomic mass is 9.86. The highest BCUT2D eigenvalue weighted by Gasteiger charge is 2.34. The molecule has 0 amide bonds. The number of aromatic nitrogens is 1. The van der Waals surface area contributed by atoms with Crippen molar-refractivity contribution in [3.05, 3.63) is 23.9 Å². The number of nitrogens with zero attached hydrogens (tertiary/aromatic N) is 1. The Bertz CT molecular complexity index is 455. The number of anilines is 1. The first-order valence-electron chi connectivity index (χ1n) is 7.18. The van der Waals surface area contributed by atoms with E-state index in [1.165, 1.54) is 6.20 Å². The van der Waals surface area contributed by atoms with Gasteiger partial charge in [-0.1, -0.05) is 13.8 Å². The van der Waals surface area contributed by atoms with Gasteiger partial charge >= 0.3 is 5.97 Å². The molecular formula is C15H22N2O3. The molecule has 0 spiro atoms. The minimum Gasteiger partial charge on any atom is -0.478 e. The molecule has 2 rings (SSSR count).